The number of methoxy groups -OCH3 is 1. The first-order valence-electron chi connectivity index (χ1n) is 7.53. The van der Waals surface area contributed by atoms with Gasteiger partial charge in [-0.2, -0.15) is 0 Å². The highest BCUT2D eigenvalue weighted by Crippen LogP contribution is 2.19. The van der Waals surface area contributed by atoms with Gasteiger partial charge in [-0.3, -0.25) is 0 Å². The maximum atomic E-state index is 12.1. The highest BCUT2D eigenvalue weighted by molar-refractivity contribution is 5.91. The van der Waals surface area contributed by atoms with E-state index in [1.165, 1.54) is 0 Å². The van der Waals surface area contributed by atoms with E-state index in [-0.39, 0.29) is 12.9 Å². The molecule has 0 aromatic heterocycles. The molecule has 6 heteroatoms. The molecule has 1 unspecified atom stereocenters. The molecule has 2 aromatic carbocycles. The summed E-state index contributed by atoms with van der Waals surface area (Å²) in [6, 6.07) is 13.5. The van der Waals surface area contributed by atoms with Crippen molar-refractivity contribution in [2.75, 3.05) is 27.1 Å². The first kappa shape index (κ1) is 16.3. The van der Waals surface area contributed by atoms with Gasteiger partial charge in [0, 0.05) is 0 Å². The summed E-state index contributed by atoms with van der Waals surface area (Å²) >= 11 is 0. The third-order valence-electron chi connectivity index (χ3n) is 3.38. The molecule has 1 heterocycles. The molecule has 1 saturated heterocycles. The van der Waals surface area contributed by atoms with Crippen LogP contribution in [0.5, 0.6) is 17.2 Å². The number of rotatable bonds is 8. The summed E-state index contributed by atoms with van der Waals surface area (Å²) in [4.78, 5) is 12.1. The molecule has 0 saturated carbocycles. The number of carbonyl (C=O) groups is 1. The van der Waals surface area contributed by atoms with E-state index < -0.39 is 5.97 Å². The molecule has 6 nitrogen and oxygen atoms in total. The molecule has 3 rings (SSSR count). The molecule has 1 atom stereocenters. The van der Waals surface area contributed by atoms with Crippen LogP contribution in [0.3, 0.4) is 0 Å². The Balaban J connectivity index is 1.48. The van der Waals surface area contributed by atoms with Crippen LogP contribution in [-0.2, 0) is 9.47 Å². The minimum absolute atomic E-state index is 0.148. The molecule has 0 amide bonds. The van der Waals surface area contributed by atoms with Gasteiger partial charge in [0.15, 0.2) is 6.79 Å². The highest BCUT2D eigenvalue weighted by atomic mass is 16.7. The second kappa shape index (κ2) is 7.81. The van der Waals surface area contributed by atoms with E-state index in [4.69, 9.17) is 23.7 Å². The second-order valence-electron chi connectivity index (χ2n) is 5.18. The molecular formula is C18H18O6. The Morgan fingerprint density at radius 1 is 1.04 bits per heavy atom. The van der Waals surface area contributed by atoms with Crippen molar-refractivity contribution in [1.82, 2.24) is 0 Å². The van der Waals surface area contributed by atoms with Crippen molar-refractivity contribution in [3.8, 4) is 17.2 Å². The first-order chi connectivity index (χ1) is 11.7. The van der Waals surface area contributed by atoms with E-state index >= 15 is 0 Å². The van der Waals surface area contributed by atoms with Gasteiger partial charge in [0.25, 0.3) is 0 Å². The summed E-state index contributed by atoms with van der Waals surface area (Å²) in [7, 11) is 1.58. The SMILES string of the molecule is COc1ccc(OC(=O)c2ccc(OCOCC3CO3)cc2)cc1. The van der Waals surface area contributed by atoms with E-state index in [0.717, 1.165) is 6.61 Å². The third kappa shape index (κ3) is 4.71. The first-order valence-corrected chi connectivity index (χ1v) is 7.53. The summed E-state index contributed by atoms with van der Waals surface area (Å²) < 4.78 is 26.1. The standard InChI is InChI=1S/C18H18O6/c1-20-14-6-8-16(9-7-14)24-18(19)13-2-4-15(5-3-13)23-12-21-10-17-11-22-17/h2-9,17H,10-12H2,1H3. The minimum atomic E-state index is -0.436. The maximum Gasteiger partial charge on any atom is 0.343 e. The van der Waals surface area contributed by atoms with Crippen molar-refractivity contribution in [2.45, 2.75) is 6.10 Å². The van der Waals surface area contributed by atoms with Crippen LogP contribution in [-0.4, -0.2) is 39.2 Å². The van der Waals surface area contributed by atoms with Crippen LogP contribution < -0.4 is 14.2 Å². The van der Waals surface area contributed by atoms with Gasteiger partial charge in [0.1, 0.15) is 23.4 Å². The summed E-state index contributed by atoms with van der Waals surface area (Å²) in [6.07, 6.45) is 0.212. The van der Waals surface area contributed by atoms with Gasteiger partial charge in [-0.1, -0.05) is 0 Å². The fraction of sp³-hybridized carbons (Fsp3) is 0.278. The maximum absolute atomic E-state index is 12.1. The monoisotopic (exact) mass is 330 g/mol. The second-order valence-corrected chi connectivity index (χ2v) is 5.18. The number of esters is 1. The van der Waals surface area contributed by atoms with Crippen molar-refractivity contribution in [3.05, 3.63) is 54.1 Å². The van der Waals surface area contributed by atoms with E-state index in [9.17, 15) is 4.79 Å². The molecule has 126 valence electrons. The fourth-order valence-corrected chi connectivity index (χ4v) is 1.95. The quantitative estimate of drug-likeness (QED) is 0.244. The number of hydrogen-bond donors (Lipinski definition) is 0. The molecule has 0 radical (unpaired) electrons. The lowest BCUT2D eigenvalue weighted by Crippen LogP contribution is -2.09. The molecule has 1 aliphatic rings. The van der Waals surface area contributed by atoms with Gasteiger partial charge in [0.05, 0.1) is 25.9 Å². The summed E-state index contributed by atoms with van der Waals surface area (Å²) in [5.41, 5.74) is 0.436. The Kier molecular flexibility index (Phi) is 5.30. The molecule has 0 aliphatic carbocycles. The van der Waals surface area contributed by atoms with Gasteiger partial charge in [-0.15, -0.1) is 0 Å². The molecule has 1 fully saturated rings. The Hall–Kier alpha value is -2.57. The molecule has 0 N–H and O–H groups in total. The predicted octanol–water partition coefficient (Wildman–Crippen LogP) is 2.67. The number of epoxide rings is 1. The lowest BCUT2D eigenvalue weighted by atomic mass is 10.2. The van der Waals surface area contributed by atoms with Crippen LogP contribution in [0.15, 0.2) is 48.5 Å². The molecule has 2 aromatic rings. The van der Waals surface area contributed by atoms with Crippen molar-refractivity contribution in [2.24, 2.45) is 0 Å². The van der Waals surface area contributed by atoms with E-state index in [0.29, 0.717) is 29.4 Å². The third-order valence-corrected chi connectivity index (χ3v) is 3.38. The van der Waals surface area contributed by atoms with Gasteiger partial charge < -0.3 is 23.7 Å². The zero-order chi connectivity index (χ0) is 16.8. The molecule has 1 aliphatic heterocycles. The summed E-state index contributed by atoms with van der Waals surface area (Å²) in [5, 5.41) is 0. The normalized spacial score (nSPS) is 15.6. The van der Waals surface area contributed by atoms with Crippen LogP contribution in [0.25, 0.3) is 0 Å². The topological polar surface area (TPSA) is 66.5 Å². The molecule has 24 heavy (non-hydrogen) atoms. The largest absolute Gasteiger partial charge is 0.497 e. The van der Waals surface area contributed by atoms with Crippen LogP contribution in [0.1, 0.15) is 10.4 Å². The molecule has 0 bridgehead atoms. The zero-order valence-electron chi connectivity index (χ0n) is 13.3. The van der Waals surface area contributed by atoms with E-state index in [2.05, 4.69) is 0 Å². The Labute approximate surface area is 139 Å². The number of ether oxygens (including phenoxy) is 5. The lowest BCUT2D eigenvalue weighted by Gasteiger charge is -2.08. The van der Waals surface area contributed by atoms with Crippen LogP contribution in [0, 0.1) is 0 Å². The summed E-state index contributed by atoms with van der Waals surface area (Å²) in [5.74, 6) is 1.34. The summed E-state index contributed by atoms with van der Waals surface area (Å²) in [6.45, 7) is 1.44. The average molecular weight is 330 g/mol. The van der Waals surface area contributed by atoms with Gasteiger partial charge in [-0.25, -0.2) is 4.79 Å². The lowest BCUT2D eigenvalue weighted by molar-refractivity contribution is 0.00821. The minimum Gasteiger partial charge on any atom is -0.497 e. The van der Waals surface area contributed by atoms with Crippen LogP contribution in [0.4, 0.5) is 0 Å². The Morgan fingerprint density at radius 2 is 1.67 bits per heavy atom. The van der Waals surface area contributed by atoms with Crippen molar-refractivity contribution >= 4 is 5.97 Å². The van der Waals surface area contributed by atoms with E-state index in [1.54, 1.807) is 55.6 Å². The highest BCUT2D eigenvalue weighted by Gasteiger charge is 2.22. The number of hydrogen-bond acceptors (Lipinski definition) is 6. The van der Waals surface area contributed by atoms with Crippen molar-refractivity contribution in [1.29, 1.82) is 0 Å². The van der Waals surface area contributed by atoms with Crippen molar-refractivity contribution < 1.29 is 28.5 Å². The molecular weight excluding hydrogens is 312 g/mol. The van der Waals surface area contributed by atoms with Gasteiger partial charge >= 0.3 is 5.97 Å². The van der Waals surface area contributed by atoms with E-state index in [1.807, 2.05) is 0 Å². The zero-order valence-corrected chi connectivity index (χ0v) is 13.3. The number of benzene rings is 2. The Bertz CT molecular complexity index is 661. The molecule has 0 spiro atoms. The fourth-order valence-electron chi connectivity index (χ4n) is 1.95. The van der Waals surface area contributed by atoms with Crippen LogP contribution in [0.2, 0.25) is 0 Å². The predicted molar refractivity (Wildman–Crippen MR) is 85.6 cm³/mol. The Morgan fingerprint density at radius 3 is 2.29 bits per heavy atom. The van der Waals surface area contributed by atoms with Crippen molar-refractivity contribution in [3.63, 3.8) is 0 Å². The number of carbonyl (C=O) groups excluding carboxylic acids is 1. The van der Waals surface area contributed by atoms with Crippen LogP contribution >= 0.6 is 0 Å². The van der Waals surface area contributed by atoms with Gasteiger partial charge in [-0.05, 0) is 48.5 Å². The average Bonchev–Trinajstić information content (AvgIpc) is 3.44. The van der Waals surface area contributed by atoms with Gasteiger partial charge in [0.2, 0.25) is 0 Å². The smallest absolute Gasteiger partial charge is 0.343 e.